The number of amides is 2. The fraction of sp³-hybridized carbons (Fsp3) is 0.185. The maximum absolute atomic E-state index is 12.9. The summed E-state index contributed by atoms with van der Waals surface area (Å²) in [5.74, 6) is 0.214. The quantitative estimate of drug-likeness (QED) is 0.403. The Labute approximate surface area is 203 Å². The fourth-order valence-corrected chi connectivity index (χ4v) is 4.24. The highest BCUT2D eigenvalue weighted by Gasteiger charge is 2.15. The van der Waals surface area contributed by atoms with Crippen LogP contribution < -0.4 is 10.6 Å². The van der Waals surface area contributed by atoms with Crippen LogP contribution in [-0.4, -0.2) is 45.5 Å². The topological polar surface area (TPSA) is 103 Å². The van der Waals surface area contributed by atoms with Crippen LogP contribution in [0.5, 0.6) is 0 Å². The molecule has 2 heterocycles. The van der Waals surface area contributed by atoms with Gasteiger partial charge in [0.2, 0.25) is 0 Å². The lowest BCUT2D eigenvalue weighted by Gasteiger charge is -2.25. The van der Waals surface area contributed by atoms with Crippen molar-refractivity contribution in [2.24, 2.45) is 0 Å². The van der Waals surface area contributed by atoms with E-state index in [2.05, 4.69) is 49.9 Å². The Morgan fingerprint density at radius 1 is 0.971 bits per heavy atom. The van der Waals surface area contributed by atoms with Crippen molar-refractivity contribution in [2.45, 2.75) is 19.5 Å². The molecule has 4 aromatic rings. The van der Waals surface area contributed by atoms with Gasteiger partial charge in [-0.05, 0) is 66.6 Å². The first-order chi connectivity index (χ1) is 17.0. The number of H-pyrrole nitrogens is 1. The SMILES string of the molecule is CN1CCc2ccc(NC(=O)c3cccc(CNC(=O)c4cccc(-c5ncn[nH]5)c4)c3)cc2C1. The van der Waals surface area contributed by atoms with Crippen LogP contribution in [0.15, 0.2) is 73.1 Å². The van der Waals surface area contributed by atoms with Crippen LogP contribution in [0.4, 0.5) is 5.69 Å². The van der Waals surface area contributed by atoms with Crippen LogP contribution in [0.2, 0.25) is 0 Å². The average molecular weight is 467 g/mol. The van der Waals surface area contributed by atoms with Crippen LogP contribution in [0.3, 0.4) is 0 Å². The highest BCUT2D eigenvalue weighted by atomic mass is 16.2. The number of aromatic amines is 1. The Bertz CT molecular complexity index is 1370. The van der Waals surface area contributed by atoms with E-state index in [1.807, 2.05) is 24.3 Å². The van der Waals surface area contributed by atoms with Crippen molar-refractivity contribution in [3.05, 3.63) is 101 Å². The van der Waals surface area contributed by atoms with E-state index in [1.54, 1.807) is 30.3 Å². The number of carbonyl (C=O) groups excluding carboxylic acids is 2. The number of nitrogens with one attached hydrogen (secondary N) is 3. The molecule has 3 aromatic carbocycles. The Hall–Kier alpha value is -4.30. The lowest BCUT2D eigenvalue weighted by atomic mass is 9.99. The van der Waals surface area contributed by atoms with Gasteiger partial charge in [0.25, 0.3) is 11.8 Å². The van der Waals surface area contributed by atoms with E-state index in [0.717, 1.165) is 36.3 Å². The first-order valence-corrected chi connectivity index (χ1v) is 11.5. The third kappa shape index (κ3) is 5.28. The zero-order chi connectivity index (χ0) is 24.2. The predicted octanol–water partition coefficient (Wildman–Crippen LogP) is 3.64. The van der Waals surface area contributed by atoms with E-state index >= 15 is 0 Å². The van der Waals surface area contributed by atoms with E-state index in [-0.39, 0.29) is 11.8 Å². The largest absolute Gasteiger partial charge is 0.348 e. The second-order valence-corrected chi connectivity index (χ2v) is 8.72. The standard InChI is InChI=1S/C27H26N6O2/c1-33-11-10-19-8-9-24(14-23(19)16-33)31-27(35)21-6-2-4-18(12-21)15-28-26(34)22-7-3-5-20(13-22)25-29-17-30-32-25/h2-9,12-14,17H,10-11,15-16H2,1H3,(H,28,34)(H,31,35)(H,29,30,32). The summed E-state index contributed by atoms with van der Waals surface area (Å²) in [5, 5.41) is 12.6. The summed E-state index contributed by atoms with van der Waals surface area (Å²) in [6, 6.07) is 20.6. The molecule has 8 nitrogen and oxygen atoms in total. The minimum absolute atomic E-state index is 0.179. The monoisotopic (exact) mass is 466 g/mol. The number of hydrogen-bond donors (Lipinski definition) is 3. The first kappa shape index (κ1) is 22.5. The number of nitrogens with zero attached hydrogens (tertiary/aromatic N) is 3. The Morgan fingerprint density at radius 2 is 1.80 bits per heavy atom. The summed E-state index contributed by atoms with van der Waals surface area (Å²) in [6.07, 6.45) is 2.45. The Morgan fingerprint density at radius 3 is 2.63 bits per heavy atom. The van der Waals surface area contributed by atoms with Crippen molar-refractivity contribution in [3.63, 3.8) is 0 Å². The number of aromatic nitrogens is 3. The minimum Gasteiger partial charge on any atom is -0.348 e. The zero-order valence-corrected chi connectivity index (χ0v) is 19.4. The summed E-state index contributed by atoms with van der Waals surface area (Å²) in [6.45, 7) is 2.24. The fourth-order valence-electron chi connectivity index (χ4n) is 4.24. The van der Waals surface area contributed by atoms with E-state index in [9.17, 15) is 9.59 Å². The van der Waals surface area contributed by atoms with Gasteiger partial charge in [-0.25, -0.2) is 4.98 Å². The Balaban J connectivity index is 1.22. The van der Waals surface area contributed by atoms with Gasteiger partial charge in [0.05, 0.1) is 0 Å². The van der Waals surface area contributed by atoms with Crippen molar-refractivity contribution < 1.29 is 9.59 Å². The van der Waals surface area contributed by atoms with Gasteiger partial charge in [-0.3, -0.25) is 14.7 Å². The van der Waals surface area contributed by atoms with Gasteiger partial charge in [-0.15, -0.1) is 0 Å². The minimum atomic E-state index is -0.208. The van der Waals surface area contributed by atoms with Gasteiger partial charge in [-0.2, -0.15) is 5.10 Å². The number of rotatable bonds is 6. The van der Waals surface area contributed by atoms with Gasteiger partial charge in [0.15, 0.2) is 5.82 Å². The van der Waals surface area contributed by atoms with Crippen molar-refractivity contribution in [1.29, 1.82) is 0 Å². The molecular weight excluding hydrogens is 440 g/mol. The zero-order valence-electron chi connectivity index (χ0n) is 19.4. The molecule has 1 aliphatic rings. The van der Waals surface area contributed by atoms with Crippen LogP contribution in [-0.2, 0) is 19.5 Å². The molecule has 176 valence electrons. The van der Waals surface area contributed by atoms with Crippen molar-refractivity contribution in [1.82, 2.24) is 25.4 Å². The van der Waals surface area contributed by atoms with Crippen LogP contribution in [0.25, 0.3) is 11.4 Å². The van der Waals surface area contributed by atoms with E-state index in [4.69, 9.17) is 0 Å². The second-order valence-electron chi connectivity index (χ2n) is 8.72. The van der Waals surface area contributed by atoms with Crippen LogP contribution in [0.1, 0.15) is 37.4 Å². The number of benzene rings is 3. The first-order valence-electron chi connectivity index (χ1n) is 11.5. The predicted molar refractivity (Wildman–Crippen MR) is 134 cm³/mol. The molecule has 2 amide bonds. The van der Waals surface area contributed by atoms with Gasteiger partial charge in [-0.1, -0.05) is 30.3 Å². The normalized spacial score (nSPS) is 13.2. The van der Waals surface area contributed by atoms with Gasteiger partial charge >= 0.3 is 0 Å². The molecule has 0 saturated carbocycles. The molecule has 0 unspecified atom stereocenters. The lowest BCUT2D eigenvalue weighted by molar-refractivity contribution is 0.0950. The van der Waals surface area contributed by atoms with Gasteiger partial charge in [0.1, 0.15) is 6.33 Å². The van der Waals surface area contributed by atoms with E-state index in [0.29, 0.717) is 23.5 Å². The van der Waals surface area contributed by atoms with Crippen LogP contribution >= 0.6 is 0 Å². The molecule has 0 aliphatic carbocycles. The highest BCUT2D eigenvalue weighted by Crippen LogP contribution is 2.22. The number of likely N-dealkylation sites (N-methyl/N-ethyl adjacent to an activating group) is 1. The summed E-state index contributed by atoms with van der Waals surface area (Å²) >= 11 is 0. The number of carbonyl (C=O) groups is 2. The molecule has 1 aromatic heterocycles. The Kier molecular flexibility index (Phi) is 6.36. The molecule has 0 bridgehead atoms. The van der Waals surface area contributed by atoms with Crippen molar-refractivity contribution >= 4 is 17.5 Å². The highest BCUT2D eigenvalue weighted by molar-refractivity contribution is 6.04. The average Bonchev–Trinajstić information content (AvgIpc) is 3.42. The lowest BCUT2D eigenvalue weighted by Crippen LogP contribution is -2.26. The van der Waals surface area contributed by atoms with Crippen molar-refractivity contribution in [2.75, 3.05) is 18.9 Å². The summed E-state index contributed by atoms with van der Waals surface area (Å²) < 4.78 is 0. The number of fused-ring (bicyclic) bond motifs is 1. The second kappa shape index (κ2) is 9.90. The summed E-state index contributed by atoms with van der Waals surface area (Å²) in [4.78, 5) is 32.0. The molecule has 0 radical (unpaired) electrons. The maximum Gasteiger partial charge on any atom is 0.255 e. The molecule has 5 rings (SSSR count). The van der Waals surface area contributed by atoms with Gasteiger partial charge in [0, 0.05) is 42.0 Å². The molecule has 0 spiro atoms. The summed E-state index contributed by atoms with van der Waals surface area (Å²) in [5.41, 5.74) is 6.05. The van der Waals surface area contributed by atoms with E-state index in [1.165, 1.54) is 17.5 Å². The molecule has 3 N–H and O–H groups in total. The molecule has 1 aliphatic heterocycles. The third-order valence-corrected chi connectivity index (χ3v) is 6.12. The summed E-state index contributed by atoms with van der Waals surface area (Å²) in [7, 11) is 2.10. The van der Waals surface area contributed by atoms with E-state index < -0.39 is 0 Å². The number of hydrogen-bond acceptors (Lipinski definition) is 5. The molecule has 0 fully saturated rings. The van der Waals surface area contributed by atoms with Crippen molar-refractivity contribution in [3.8, 4) is 11.4 Å². The molecular formula is C27H26N6O2. The molecule has 35 heavy (non-hydrogen) atoms. The smallest absolute Gasteiger partial charge is 0.255 e. The maximum atomic E-state index is 12.9. The molecule has 0 atom stereocenters. The third-order valence-electron chi connectivity index (χ3n) is 6.12. The molecule has 8 heteroatoms. The van der Waals surface area contributed by atoms with Crippen LogP contribution in [0, 0.1) is 0 Å². The molecule has 0 saturated heterocycles. The number of anilines is 1. The van der Waals surface area contributed by atoms with Gasteiger partial charge < -0.3 is 15.5 Å².